The van der Waals surface area contributed by atoms with Crippen LogP contribution in [0.25, 0.3) is 0 Å². The molecule has 2 rings (SSSR count). The van der Waals surface area contributed by atoms with Crippen molar-refractivity contribution < 1.29 is 0 Å². The van der Waals surface area contributed by atoms with Crippen molar-refractivity contribution in [1.82, 2.24) is 9.97 Å². The van der Waals surface area contributed by atoms with Gasteiger partial charge in [-0.05, 0) is 31.2 Å². The van der Waals surface area contributed by atoms with E-state index >= 15 is 0 Å². The van der Waals surface area contributed by atoms with Crippen molar-refractivity contribution in [3.8, 4) is 0 Å². The van der Waals surface area contributed by atoms with Crippen LogP contribution >= 0.6 is 0 Å². The van der Waals surface area contributed by atoms with E-state index < -0.39 is 0 Å². The van der Waals surface area contributed by atoms with Crippen LogP contribution in [0, 0.1) is 12.8 Å². The van der Waals surface area contributed by atoms with Gasteiger partial charge in [0.1, 0.15) is 5.82 Å². The molecule has 0 bridgehead atoms. The summed E-state index contributed by atoms with van der Waals surface area (Å²) in [4.78, 5) is 8.48. The predicted octanol–water partition coefficient (Wildman–Crippen LogP) is 1.98. The Morgan fingerprint density at radius 1 is 1.43 bits per heavy atom. The summed E-state index contributed by atoms with van der Waals surface area (Å²) in [5, 5.41) is 0. The Morgan fingerprint density at radius 3 is 2.64 bits per heavy atom. The molecule has 0 aliphatic heterocycles. The smallest absolute Gasteiger partial charge is 0.144 e. The Balaban J connectivity index is 1.88. The number of aryl methyl sites for hydroxylation is 1. The molecule has 1 aromatic heterocycles. The fourth-order valence-corrected chi connectivity index (χ4v) is 1.54. The van der Waals surface area contributed by atoms with Crippen LogP contribution in [0.1, 0.15) is 43.1 Å². The number of rotatable bonds is 4. The van der Waals surface area contributed by atoms with Gasteiger partial charge in [-0.3, -0.25) is 0 Å². The van der Waals surface area contributed by atoms with E-state index in [0.29, 0.717) is 0 Å². The minimum absolute atomic E-state index is 0.0243. The number of nitrogens with zero attached hydrogens (tertiary/aromatic N) is 2. The average molecular weight is 191 g/mol. The molecule has 1 fully saturated rings. The summed E-state index contributed by atoms with van der Waals surface area (Å²) in [7, 11) is 0. The Bertz CT molecular complexity index is 290. The van der Waals surface area contributed by atoms with Gasteiger partial charge in [0.05, 0.1) is 6.04 Å². The van der Waals surface area contributed by atoms with Crippen LogP contribution < -0.4 is 5.73 Å². The Kier molecular flexibility index (Phi) is 2.77. The first-order valence-corrected chi connectivity index (χ1v) is 5.30. The highest BCUT2D eigenvalue weighted by molar-refractivity contribution is 5.04. The molecule has 3 nitrogen and oxygen atoms in total. The van der Waals surface area contributed by atoms with E-state index in [9.17, 15) is 0 Å². The van der Waals surface area contributed by atoms with Crippen LogP contribution in [0.3, 0.4) is 0 Å². The van der Waals surface area contributed by atoms with E-state index in [0.717, 1.165) is 23.7 Å². The molecule has 0 saturated heterocycles. The largest absolute Gasteiger partial charge is 0.321 e. The van der Waals surface area contributed by atoms with Gasteiger partial charge in [-0.25, -0.2) is 9.97 Å². The number of nitrogens with two attached hydrogens (primary N) is 1. The van der Waals surface area contributed by atoms with Gasteiger partial charge in [-0.2, -0.15) is 0 Å². The molecule has 1 unspecified atom stereocenters. The number of hydrogen-bond acceptors (Lipinski definition) is 3. The van der Waals surface area contributed by atoms with Gasteiger partial charge in [0, 0.05) is 12.4 Å². The zero-order valence-electron chi connectivity index (χ0n) is 8.61. The molecule has 76 valence electrons. The zero-order valence-corrected chi connectivity index (χ0v) is 8.61. The van der Waals surface area contributed by atoms with Crippen molar-refractivity contribution in [3.05, 3.63) is 23.8 Å². The lowest BCUT2D eigenvalue weighted by molar-refractivity contribution is 0.551. The lowest BCUT2D eigenvalue weighted by Gasteiger charge is -2.09. The molecule has 0 aromatic carbocycles. The molecular weight excluding hydrogens is 174 g/mol. The fraction of sp³-hybridized carbons (Fsp3) is 0.636. The van der Waals surface area contributed by atoms with Gasteiger partial charge in [0.2, 0.25) is 0 Å². The van der Waals surface area contributed by atoms with Crippen LogP contribution in [-0.2, 0) is 0 Å². The van der Waals surface area contributed by atoms with Gasteiger partial charge in [0.15, 0.2) is 0 Å². The van der Waals surface area contributed by atoms with Gasteiger partial charge in [-0.1, -0.05) is 12.8 Å². The maximum absolute atomic E-state index is 6.00. The van der Waals surface area contributed by atoms with E-state index in [2.05, 4.69) is 9.97 Å². The Morgan fingerprint density at radius 2 is 2.07 bits per heavy atom. The maximum Gasteiger partial charge on any atom is 0.144 e. The summed E-state index contributed by atoms with van der Waals surface area (Å²) in [5.41, 5.74) is 7.08. The summed E-state index contributed by atoms with van der Waals surface area (Å²) >= 11 is 0. The van der Waals surface area contributed by atoms with Crippen molar-refractivity contribution in [2.45, 2.75) is 38.6 Å². The highest BCUT2D eigenvalue weighted by Gasteiger charge is 2.22. The van der Waals surface area contributed by atoms with E-state index in [-0.39, 0.29) is 6.04 Å². The van der Waals surface area contributed by atoms with Crippen molar-refractivity contribution >= 4 is 0 Å². The van der Waals surface area contributed by atoms with Crippen molar-refractivity contribution in [2.24, 2.45) is 11.7 Å². The highest BCUT2D eigenvalue weighted by atomic mass is 14.9. The fourth-order valence-electron chi connectivity index (χ4n) is 1.54. The van der Waals surface area contributed by atoms with Crippen molar-refractivity contribution in [3.63, 3.8) is 0 Å². The molecule has 3 heteroatoms. The Hall–Kier alpha value is -0.960. The van der Waals surface area contributed by atoms with E-state index in [4.69, 9.17) is 5.73 Å². The maximum atomic E-state index is 6.00. The molecule has 1 aliphatic rings. The SMILES string of the molecule is Cc1cnc(C(N)CCC2CC2)nc1. The first kappa shape index (κ1) is 9.59. The lowest BCUT2D eigenvalue weighted by atomic mass is 10.1. The van der Waals surface area contributed by atoms with Gasteiger partial charge < -0.3 is 5.73 Å². The highest BCUT2D eigenvalue weighted by Crippen LogP contribution is 2.34. The van der Waals surface area contributed by atoms with E-state index in [1.54, 1.807) is 0 Å². The first-order valence-electron chi connectivity index (χ1n) is 5.30. The summed E-state index contributed by atoms with van der Waals surface area (Å²) in [6.45, 7) is 1.99. The molecule has 2 N–H and O–H groups in total. The molecule has 1 aliphatic carbocycles. The van der Waals surface area contributed by atoms with Crippen LogP contribution in [0.5, 0.6) is 0 Å². The van der Waals surface area contributed by atoms with Gasteiger partial charge in [0.25, 0.3) is 0 Å². The average Bonchev–Trinajstić information content (AvgIpc) is 2.99. The van der Waals surface area contributed by atoms with E-state index in [1.165, 1.54) is 19.3 Å². The second-order valence-electron chi connectivity index (χ2n) is 4.25. The van der Waals surface area contributed by atoms with Crippen LogP contribution in [0.15, 0.2) is 12.4 Å². The quantitative estimate of drug-likeness (QED) is 0.791. The number of aromatic nitrogens is 2. The molecule has 1 heterocycles. The van der Waals surface area contributed by atoms with Crippen LogP contribution in [0.4, 0.5) is 0 Å². The molecule has 0 spiro atoms. The Labute approximate surface area is 84.8 Å². The first-order chi connectivity index (χ1) is 6.75. The van der Waals surface area contributed by atoms with Crippen molar-refractivity contribution in [1.29, 1.82) is 0 Å². The predicted molar refractivity (Wildman–Crippen MR) is 55.7 cm³/mol. The second-order valence-corrected chi connectivity index (χ2v) is 4.25. The third-order valence-corrected chi connectivity index (χ3v) is 2.72. The standard InChI is InChI=1S/C11H17N3/c1-8-6-13-11(14-7-8)10(12)5-4-9-2-3-9/h6-7,9-10H,2-5,12H2,1H3. The third-order valence-electron chi connectivity index (χ3n) is 2.72. The molecule has 0 radical (unpaired) electrons. The molecule has 0 amide bonds. The molecular formula is C11H17N3. The topological polar surface area (TPSA) is 51.8 Å². The number of hydrogen-bond donors (Lipinski definition) is 1. The van der Waals surface area contributed by atoms with Crippen LogP contribution in [-0.4, -0.2) is 9.97 Å². The van der Waals surface area contributed by atoms with Gasteiger partial charge in [-0.15, -0.1) is 0 Å². The molecule has 1 aromatic rings. The molecule has 1 saturated carbocycles. The second kappa shape index (κ2) is 4.05. The summed E-state index contributed by atoms with van der Waals surface area (Å²) in [6, 6.07) is 0.0243. The minimum Gasteiger partial charge on any atom is -0.321 e. The van der Waals surface area contributed by atoms with Gasteiger partial charge >= 0.3 is 0 Å². The third kappa shape index (κ3) is 2.51. The zero-order chi connectivity index (χ0) is 9.97. The summed E-state index contributed by atoms with van der Waals surface area (Å²) < 4.78 is 0. The molecule has 1 atom stereocenters. The van der Waals surface area contributed by atoms with Crippen molar-refractivity contribution in [2.75, 3.05) is 0 Å². The lowest BCUT2D eigenvalue weighted by Crippen LogP contribution is -2.14. The summed E-state index contributed by atoms with van der Waals surface area (Å²) in [6.07, 6.45) is 8.70. The minimum atomic E-state index is 0.0243. The normalized spacial score (nSPS) is 18.1. The summed E-state index contributed by atoms with van der Waals surface area (Å²) in [5.74, 6) is 1.72. The van der Waals surface area contributed by atoms with E-state index in [1.807, 2.05) is 19.3 Å². The van der Waals surface area contributed by atoms with Crippen LogP contribution in [0.2, 0.25) is 0 Å². The monoisotopic (exact) mass is 191 g/mol. The molecule has 14 heavy (non-hydrogen) atoms.